The smallest absolute Gasteiger partial charge is 0.335 e. The molecule has 1 aromatic rings. The molecule has 1 N–H and O–H groups in total. The fourth-order valence-corrected chi connectivity index (χ4v) is 1.10. The maximum atomic E-state index is 10.5. The van der Waals surface area contributed by atoms with Crippen LogP contribution in [0.2, 0.25) is 0 Å². The Labute approximate surface area is 90.4 Å². The zero-order chi connectivity index (χ0) is 8.43. The van der Waals surface area contributed by atoms with Crippen LogP contribution >= 0.6 is 0 Å². The molecule has 2 nitrogen and oxygen atoms in total. The van der Waals surface area contributed by atoms with Gasteiger partial charge in [0.25, 0.3) is 0 Å². The van der Waals surface area contributed by atoms with E-state index in [1.807, 2.05) is 19.9 Å². The molecule has 1 rings (SSSR count). The van der Waals surface area contributed by atoms with Gasteiger partial charge in [0.05, 0.1) is 5.56 Å². The fourth-order valence-electron chi connectivity index (χ4n) is 1.10. The minimum Gasteiger partial charge on any atom is -0.478 e. The number of rotatable bonds is 1. The molecular weight excluding hydrogens is 255 g/mol. The molecule has 0 aliphatic carbocycles. The van der Waals surface area contributed by atoms with E-state index >= 15 is 0 Å². The molecule has 0 fully saturated rings. The molecule has 0 spiro atoms. The van der Waals surface area contributed by atoms with Crippen molar-refractivity contribution in [1.29, 1.82) is 0 Å². The van der Waals surface area contributed by atoms with Crippen molar-refractivity contribution in [2.24, 2.45) is 0 Å². The third-order valence-electron chi connectivity index (χ3n) is 1.47. The van der Waals surface area contributed by atoms with Gasteiger partial charge >= 0.3 is 5.97 Å². The van der Waals surface area contributed by atoms with Gasteiger partial charge in [-0.2, -0.15) is 0 Å². The van der Waals surface area contributed by atoms with Gasteiger partial charge in [-0.15, -0.1) is 0 Å². The van der Waals surface area contributed by atoms with Crippen LogP contribution in [-0.4, -0.2) is 36.9 Å². The minimum atomic E-state index is -0.864. The summed E-state index contributed by atoms with van der Waals surface area (Å²) in [4.78, 5) is 10.5. The third-order valence-corrected chi connectivity index (χ3v) is 1.47. The number of aryl methyl sites for hydroxylation is 2. The Balaban J connectivity index is 0.00000121. The molecule has 0 atom stereocenters. The average molecular weight is 265 g/mol. The van der Waals surface area contributed by atoms with E-state index in [1.54, 1.807) is 12.1 Å². The number of carbonyl (C=O) groups is 1. The number of carboxylic acid groups (broad SMARTS) is 1. The van der Waals surface area contributed by atoms with E-state index in [2.05, 4.69) is 0 Å². The number of aromatic carboxylic acids is 1. The zero-order valence-electron chi connectivity index (χ0n) is 7.16. The minimum absolute atomic E-state index is 0. The normalized spacial score (nSPS) is 8.83. The molecular formula is C9H10InO2. The van der Waals surface area contributed by atoms with Crippen molar-refractivity contribution in [3.8, 4) is 0 Å². The Morgan fingerprint density at radius 3 is 1.92 bits per heavy atom. The summed E-state index contributed by atoms with van der Waals surface area (Å²) in [6, 6.07) is 5.27. The Morgan fingerprint density at radius 2 is 1.58 bits per heavy atom. The Kier molecular flexibility index (Phi) is 4.39. The second-order valence-corrected chi connectivity index (χ2v) is 2.68. The standard InChI is InChI=1S/C9H10O2.In/c1-6-3-7(2)5-8(4-6)9(10)11;/h3-5H,1-2H3,(H,10,11);. The Bertz CT molecular complexity index is 274. The molecule has 0 unspecified atom stereocenters. The molecule has 0 amide bonds. The van der Waals surface area contributed by atoms with Crippen LogP contribution in [0.15, 0.2) is 18.2 Å². The quantitative estimate of drug-likeness (QED) is 0.837. The first kappa shape index (κ1) is 11.6. The van der Waals surface area contributed by atoms with Crippen molar-refractivity contribution < 1.29 is 9.90 Å². The van der Waals surface area contributed by atoms with Crippen LogP contribution in [0.3, 0.4) is 0 Å². The number of carboxylic acids is 1. The summed E-state index contributed by atoms with van der Waals surface area (Å²) in [6.45, 7) is 3.78. The van der Waals surface area contributed by atoms with E-state index in [1.165, 1.54) is 0 Å². The van der Waals surface area contributed by atoms with Gasteiger partial charge in [0.15, 0.2) is 0 Å². The van der Waals surface area contributed by atoms with Gasteiger partial charge in [0, 0.05) is 25.8 Å². The van der Waals surface area contributed by atoms with Crippen molar-refractivity contribution in [2.45, 2.75) is 13.8 Å². The molecule has 0 bridgehead atoms. The predicted molar refractivity (Wildman–Crippen MR) is 48.6 cm³/mol. The first-order valence-electron chi connectivity index (χ1n) is 3.41. The van der Waals surface area contributed by atoms with Crippen molar-refractivity contribution >= 4 is 31.8 Å². The second kappa shape index (κ2) is 4.55. The van der Waals surface area contributed by atoms with E-state index in [-0.39, 0.29) is 25.8 Å². The second-order valence-electron chi connectivity index (χ2n) is 2.68. The Hall–Kier alpha value is -0.440. The van der Waals surface area contributed by atoms with E-state index in [0.717, 1.165) is 11.1 Å². The van der Waals surface area contributed by atoms with Crippen molar-refractivity contribution in [3.63, 3.8) is 0 Å². The largest absolute Gasteiger partial charge is 0.478 e. The zero-order valence-corrected chi connectivity index (χ0v) is 10.5. The topological polar surface area (TPSA) is 37.3 Å². The van der Waals surface area contributed by atoms with Crippen molar-refractivity contribution in [1.82, 2.24) is 0 Å². The predicted octanol–water partition coefficient (Wildman–Crippen LogP) is 1.62. The third kappa shape index (κ3) is 2.89. The summed E-state index contributed by atoms with van der Waals surface area (Å²) >= 11 is 0. The van der Waals surface area contributed by atoms with Gasteiger partial charge in [-0.1, -0.05) is 17.2 Å². The first-order valence-corrected chi connectivity index (χ1v) is 3.41. The van der Waals surface area contributed by atoms with Crippen LogP contribution in [0.1, 0.15) is 21.5 Å². The van der Waals surface area contributed by atoms with E-state index in [4.69, 9.17) is 5.11 Å². The van der Waals surface area contributed by atoms with Gasteiger partial charge in [-0.25, -0.2) is 4.79 Å². The molecule has 3 heteroatoms. The molecule has 3 radical (unpaired) electrons. The summed E-state index contributed by atoms with van der Waals surface area (Å²) in [7, 11) is 0. The van der Waals surface area contributed by atoms with Gasteiger partial charge in [0.1, 0.15) is 0 Å². The van der Waals surface area contributed by atoms with Crippen LogP contribution < -0.4 is 0 Å². The fraction of sp³-hybridized carbons (Fsp3) is 0.222. The van der Waals surface area contributed by atoms with Crippen LogP contribution in [0.5, 0.6) is 0 Å². The van der Waals surface area contributed by atoms with Crippen LogP contribution in [0.25, 0.3) is 0 Å². The Morgan fingerprint density at radius 1 is 1.17 bits per heavy atom. The average Bonchev–Trinajstić information content (AvgIpc) is 1.85. The van der Waals surface area contributed by atoms with E-state index in [9.17, 15) is 4.79 Å². The number of benzene rings is 1. The molecule has 0 aliphatic heterocycles. The van der Waals surface area contributed by atoms with Crippen molar-refractivity contribution in [3.05, 3.63) is 34.9 Å². The number of hydrogen-bond acceptors (Lipinski definition) is 1. The van der Waals surface area contributed by atoms with Crippen molar-refractivity contribution in [2.75, 3.05) is 0 Å². The molecule has 1 aromatic carbocycles. The van der Waals surface area contributed by atoms with Crippen LogP contribution in [-0.2, 0) is 0 Å². The van der Waals surface area contributed by atoms with Gasteiger partial charge in [0.2, 0.25) is 0 Å². The van der Waals surface area contributed by atoms with Crippen LogP contribution in [0, 0.1) is 13.8 Å². The van der Waals surface area contributed by atoms with E-state index < -0.39 is 5.97 Å². The molecule has 12 heavy (non-hydrogen) atoms. The first-order chi connectivity index (χ1) is 5.09. The summed E-state index contributed by atoms with van der Waals surface area (Å²) in [6.07, 6.45) is 0. The SMILES string of the molecule is Cc1cc(C)cc(C(=O)O)c1.[In]. The maximum absolute atomic E-state index is 10.5. The molecule has 61 valence electrons. The molecule has 0 saturated carbocycles. The monoisotopic (exact) mass is 265 g/mol. The molecule has 0 heterocycles. The van der Waals surface area contributed by atoms with E-state index in [0.29, 0.717) is 5.56 Å². The summed E-state index contributed by atoms with van der Waals surface area (Å²) in [5.74, 6) is -0.864. The number of hydrogen-bond donors (Lipinski definition) is 1. The van der Waals surface area contributed by atoms with Gasteiger partial charge in [-0.05, 0) is 26.0 Å². The van der Waals surface area contributed by atoms with Crippen LogP contribution in [0.4, 0.5) is 0 Å². The molecule has 0 aromatic heterocycles. The van der Waals surface area contributed by atoms with Gasteiger partial charge in [-0.3, -0.25) is 0 Å². The summed E-state index contributed by atoms with van der Waals surface area (Å²) < 4.78 is 0. The summed E-state index contributed by atoms with van der Waals surface area (Å²) in [5, 5.41) is 8.63. The van der Waals surface area contributed by atoms with Gasteiger partial charge < -0.3 is 5.11 Å². The maximum Gasteiger partial charge on any atom is 0.335 e. The molecule has 0 aliphatic rings. The molecule has 0 saturated heterocycles. The summed E-state index contributed by atoms with van der Waals surface area (Å²) in [5.41, 5.74) is 2.34.